The number of carbonyl (C=O) groups excluding carboxylic acids is 1. The molecule has 1 rings (SSSR count). The van der Waals surface area contributed by atoms with E-state index < -0.39 is 12.0 Å². The molecule has 1 saturated heterocycles. The summed E-state index contributed by atoms with van der Waals surface area (Å²) in [6.07, 6.45) is 2.23. The van der Waals surface area contributed by atoms with Gasteiger partial charge in [0.1, 0.15) is 12.6 Å². The zero-order valence-corrected chi connectivity index (χ0v) is 10.1. The lowest BCUT2D eigenvalue weighted by Crippen LogP contribution is -2.49. The first-order chi connectivity index (χ1) is 8.16. The number of carboxylic acids is 1. The van der Waals surface area contributed by atoms with E-state index in [0.29, 0.717) is 26.2 Å². The minimum atomic E-state index is -0.935. The Balaban J connectivity index is 2.39. The minimum absolute atomic E-state index is 0.0762. The molecule has 1 aliphatic rings. The first-order valence-corrected chi connectivity index (χ1v) is 5.75. The number of carbonyl (C=O) groups is 2. The second kappa shape index (κ2) is 7.24. The molecule has 0 aromatic heterocycles. The second-order valence-corrected chi connectivity index (χ2v) is 3.98. The van der Waals surface area contributed by atoms with E-state index in [2.05, 4.69) is 0 Å². The molecule has 0 radical (unpaired) electrons. The van der Waals surface area contributed by atoms with Gasteiger partial charge in [-0.25, -0.2) is 4.79 Å². The average molecular weight is 245 g/mol. The van der Waals surface area contributed by atoms with Gasteiger partial charge in [-0.05, 0) is 19.3 Å². The molecule has 98 valence electrons. The van der Waals surface area contributed by atoms with Gasteiger partial charge in [0.25, 0.3) is 0 Å². The van der Waals surface area contributed by atoms with Crippen molar-refractivity contribution in [2.45, 2.75) is 25.3 Å². The van der Waals surface area contributed by atoms with Crippen LogP contribution in [0.3, 0.4) is 0 Å². The minimum Gasteiger partial charge on any atom is -0.480 e. The Morgan fingerprint density at radius 3 is 2.76 bits per heavy atom. The van der Waals surface area contributed by atoms with Crippen LogP contribution < -0.4 is 0 Å². The monoisotopic (exact) mass is 245 g/mol. The van der Waals surface area contributed by atoms with Gasteiger partial charge in [-0.15, -0.1) is 0 Å². The maximum Gasteiger partial charge on any atom is 0.326 e. The molecule has 1 aliphatic heterocycles. The van der Waals surface area contributed by atoms with Crippen molar-refractivity contribution >= 4 is 11.9 Å². The van der Waals surface area contributed by atoms with Crippen LogP contribution in [0.25, 0.3) is 0 Å². The van der Waals surface area contributed by atoms with Crippen LogP contribution in [0, 0.1) is 0 Å². The van der Waals surface area contributed by atoms with Gasteiger partial charge in [-0.1, -0.05) is 0 Å². The fourth-order valence-corrected chi connectivity index (χ4v) is 1.87. The third-order valence-corrected chi connectivity index (χ3v) is 2.77. The summed E-state index contributed by atoms with van der Waals surface area (Å²) < 4.78 is 9.89. The summed E-state index contributed by atoms with van der Waals surface area (Å²) in [4.78, 5) is 24.2. The first kappa shape index (κ1) is 13.9. The third-order valence-electron chi connectivity index (χ3n) is 2.77. The summed E-state index contributed by atoms with van der Waals surface area (Å²) in [5.41, 5.74) is 0. The molecule has 0 aromatic rings. The third kappa shape index (κ3) is 4.32. The highest BCUT2D eigenvalue weighted by Gasteiger charge is 2.31. The van der Waals surface area contributed by atoms with E-state index >= 15 is 0 Å². The number of amides is 1. The number of hydrogen-bond acceptors (Lipinski definition) is 4. The van der Waals surface area contributed by atoms with Crippen LogP contribution in [0.15, 0.2) is 0 Å². The molecular weight excluding hydrogens is 226 g/mol. The van der Waals surface area contributed by atoms with E-state index in [0.717, 1.165) is 12.8 Å². The molecule has 0 aromatic carbocycles. The number of nitrogens with zero attached hydrogens (tertiary/aromatic N) is 1. The van der Waals surface area contributed by atoms with Crippen LogP contribution in [-0.2, 0) is 19.1 Å². The zero-order chi connectivity index (χ0) is 12.7. The highest BCUT2D eigenvalue weighted by molar-refractivity contribution is 5.84. The summed E-state index contributed by atoms with van der Waals surface area (Å²) in [5, 5.41) is 9.01. The number of likely N-dealkylation sites (tertiary alicyclic amines) is 1. The average Bonchev–Trinajstić information content (AvgIpc) is 2.34. The summed E-state index contributed by atoms with van der Waals surface area (Å²) in [6.45, 7) is 1.19. The van der Waals surface area contributed by atoms with Crippen LogP contribution >= 0.6 is 0 Å². The summed E-state index contributed by atoms with van der Waals surface area (Å²) >= 11 is 0. The number of carboxylic acid groups (broad SMARTS) is 1. The Hall–Kier alpha value is -1.14. The Bertz CT molecular complexity index is 269. The van der Waals surface area contributed by atoms with Crippen molar-refractivity contribution in [3.05, 3.63) is 0 Å². The zero-order valence-electron chi connectivity index (χ0n) is 10.1. The first-order valence-electron chi connectivity index (χ1n) is 5.75. The normalized spacial score (nSPS) is 20.3. The molecule has 0 saturated carbocycles. The van der Waals surface area contributed by atoms with Gasteiger partial charge in [0.15, 0.2) is 0 Å². The lowest BCUT2D eigenvalue weighted by atomic mass is 10.0. The fraction of sp³-hybridized carbons (Fsp3) is 0.818. The van der Waals surface area contributed by atoms with E-state index in [1.54, 1.807) is 7.11 Å². The van der Waals surface area contributed by atoms with Crippen molar-refractivity contribution in [2.24, 2.45) is 0 Å². The quantitative estimate of drug-likeness (QED) is 0.672. The van der Waals surface area contributed by atoms with Gasteiger partial charge in [0, 0.05) is 13.7 Å². The van der Waals surface area contributed by atoms with Crippen LogP contribution in [0.5, 0.6) is 0 Å². The molecular formula is C11H19NO5. The van der Waals surface area contributed by atoms with Gasteiger partial charge in [-0.2, -0.15) is 0 Å². The van der Waals surface area contributed by atoms with Crippen molar-refractivity contribution in [1.82, 2.24) is 4.90 Å². The molecule has 1 amide bonds. The van der Waals surface area contributed by atoms with Crippen LogP contribution in [0.4, 0.5) is 0 Å². The molecule has 0 bridgehead atoms. The van der Waals surface area contributed by atoms with E-state index in [1.807, 2.05) is 0 Å². The predicted octanol–water partition coefficient (Wildman–Crippen LogP) is 0.115. The fourth-order valence-electron chi connectivity index (χ4n) is 1.87. The van der Waals surface area contributed by atoms with Gasteiger partial charge in [0.2, 0.25) is 5.91 Å². The molecule has 1 N–H and O–H groups in total. The molecule has 1 atom stereocenters. The van der Waals surface area contributed by atoms with Crippen molar-refractivity contribution in [3.8, 4) is 0 Å². The Labute approximate surface area is 100 Å². The molecule has 0 aliphatic carbocycles. The number of ether oxygens (including phenoxy) is 2. The van der Waals surface area contributed by atoms with Crippen molar-refractivity contribution in [1.29, 1.82) is 0 Å². The standard InChI is InChI=1S/C11H19NO5/c1-16-6-7-17-8-10(13)12-5-3-2-4-9(12)11(14)15/h9H,2-8H2,1H3,(H,14,15). The SMILES string of the molecule is COCCOCC(=O)N1CCCCC1C(=O)O. The van der Waals surface area contributed by atoms with Crippen molar-refractivity contribution < 1.29 is 24.2 Å². The van der Waals surface area contributed by atoms with E-state index in [1.165, 1.54) is 4.90 Å². The molecule has 1 fully saturated rings. The molecule has 1 heterocycles. The number of methoxy groups -OCH3 is 1. The number of aliphatic carboxylic acids is 1. The number of rotatable bonds is 6. The summed E-state index contributed by atoms with van der Waals surface area (Å²) in [6, 6.07) is -0.692. The van der Waals surface area contributed by atoms with Crippen molar-refractivity contribution in [2.75, 3.05) is 33.5 Å². The molecule has 17 heavy (non-hydrogen) atoms. The van der Waals surface area contributed by atoms with Crippen LogP contribution in [-0.4, -0.2) is 61.4 Å². The number of hydrogen-bond donors (Lipinski definition) is 1. The van der Waals surface area contributed by atoms with Gasteiger partial charge in [-0.3, -0.25) is 4.79 Å². The summed E-state index contributed by atoms with van der Waals surface area (Å²) in [5.74, 6) is -1.19. The predicted molar refractivity (Wildman–Crippen MR) is 59.7 cm³/mol. The maximum absolute atomic E-state index is 11.8. The second-order valence-electron chi connectivity index (χ2n) is 3.98. The highest BCUT2D eigenvalue weighted by atomic mass is 16.5. The van der Waals surface area contributed by atoms with Crippen molar-refractivity contribution in [3.63, 3.8) is 0 Å². The summed E-state index contributed by atoms with van der Waals surface area (Å²) in [7, 11) is 1.55. The lowest BCUT2D eigenvalue weighted by Gasteiger charge is -2.32. The van der Waals surface area contributed by atoms with Crippen LogP contribution in [0.2, 0.25) is 0 Å². The van der Waals surface area contributed by atoms with Gasteiger partial charge in [0.05, 0.1) is 13.2 Å². The maximum atomic E-state index is 11.8. The molecule has 0 spiro atoms. The molecule has 6 heteroatoms. The van der Waals surface area contributed by atoms with Gasteiger partial charge >= 0.3 is 5.97 Å². The van der Waals surface area contributed by atoms with Gasteiger partial charge < -0.3 is 19.5 Å². The topological polar surface area (TPSA) is 76.1 Å². The largest absolute Gasteiger partial charge is 0.480 e. The molecule has 1 unspecified atom stereocenters. The van der Waals surface area contributed by atoms with E-state index in [-0.39, 0.29) is 12.5 Å². The highest BCUT2D eigenvalue weighted by Crippen LogP contribution is 2.17. The van der Waals surface area contributed by atoms with Crippen LogP contribution in [0.1, 0.15) is 19.3 Å². The number of piperidine rings is 1. The Morgan fingerprint density at radius 2 is 2.12 bits per heavy atom. The lowest BCUT2D eigenvalue weighted by molar-refractivity contribution is -0.154. The Morgan fingerprint density at radius 1 is 1.35 bits per heavy atom. The smallest absolute Gasteiger partial charge is 0.326 e. The molecule has 6 nitrogen and oxygen atoms in total. The van der Waals surface area contributed by atoms with E-state index in [4.69, 9.17) is 14.6 Å². The Kier molecular flexibility index (Phi) is 5.93. The van der Waals surface area contributed by atoms with E-state index in [9.17, 15) is 9.59 Å².